The average molecular weight is 331 g/mol. The number of sulfone groups is 1. The van der Waals surface area contributed by atoms with Crippen LogP contribution in [0.2, 0.25) is 0 Å². The predicted octanol–water partition coefficient (Wildman–Crippen LogP) is 1.88. The SMILES string of the molecule is CCc1ccc([C@@H]2[C@H](S(=O)(=O)c3ccccc3)[C@@]2(N)CO)cc1. The van der Waals surface area contributed by atoms with E-state index in [1.165, 1.54) is 5.56 Å². The van der Waals surface area contributed by atoms with E-state index in [9.17, 15) is 13.5 Å². The van der Waals surface area contributed by atoms with Crippen molar-refractivity contribution >= 4 is 9.84 Å². The van der Waals surface area contributed by atoms with Crippen LogP contribution in [0.4, 0.5) is 0 Å². The Morgan fingerprint density at radius 2 is 1.70 bits per heavy atom. The molecule has 0 radical (unpaired) electrons. The summed E-state index contributed by atoms with van der Waals surface area (Å²) >= 11 is 0. The smallest absolute Gasteiger partial charge is 0.183 e. The molecule has 1 aliphatic rings. The zero-order valence-electron chi connectivity index (χ0n) is 13.0. The van der Waals surface area contributed by atoms with Gasteiger partial charge >= 0.3 is 0 Å². The Bertz CT molecular complexity index is 787. The zero-order valence-corrected chi connectivity index (χ0v) is 13.8. The molecule has 0 spiro atoms. The lowest BCUT2D eigenvalue weighted by Crippen LogP contribution is -2.35. The Hall–Kier alpha value is -1.69. The monoisotopic (exact) mass is 331 g/mol. The van der Waals surface area contributed by atoms with E-state index in [4.69, 9.17) is 5.73 Å². The highest BCUT2D eigenvalue weighted by Gasteiger charge is 2.68. The van der Waals surface area contributed by atoms with Crippen molar-refractivity contribution in [1.82, 2.24) is 0 Å². The fourth-order valence-electron chi connectivity index (χ4n) is 3.28. The summed E-state index contributed by atoms with van der Waals surface area (Å²) in [7, 11) is -3.58. The van der Waals surface area contributed by atoms with Crippen LogP contribution in [0.3, 0.4) is 0 Å². The molecule has 0 heterocycles. The van der Waals surface area contributed by atoms with Crippen LogP contribution in [0.25, 0.3) is 0 Å². The van der Waals surface area contributed by atoms with Gasteiger partial charge in [-0.15, -0.1) is 0 Å². The van der Waals surface area contributed by atoms with E-state index >= 15 is 0 Å². The van der Waals surface area contributed by atoms with Gasteiger partial charge in [0.15, 0.2) is 9.84 Å². The molecule has 2 aromatic rings. The highest BCUT2D eigenvalue weighted by molar-refractivity contribution is 7.92. The van der Waals surface area contributed by atoms with Crippen molar-refractivity contribution < 1.29 is 13.5 Å². The summed E-state index contributed by atoms with van der Waals surface area (Å²) < 4.78 is 25.8. The molecular formula is C18H21NO3S. The number of aryl methyl sites for hydroxylation is 1. The van der Waals surface area contributed by atoms with E-state index in [1.54, 1.807) is 30.3 Å². The molecule has 5 heteroatoms. The van der Waals surface area contributed by atoms with Crippen LogP contribution in [0.1, 0.15) is 24.0 Å². The Kier molecular flexibility index (Phi) is 4.04. The van der Waals surface area contributed by atoms with Gasteiger partial charge in [-0.1, -0.05) is 49.4 Å². The van der Waals surface area contributed by atoms with Gasteiger partial charge in [0.1, 0.15) is 0 Å². The normalized spacial score (nSPS) is 26.9. The molecule has 3 rings (SSSR count). The van der Waals surface area contributed by atoms with Gasteiger partial charge in [-0.2, -0.15) is 0 Å². The maximum Gasteiger partial charge on any atom is 0.183 e. The molecule has 0 bridgehead atoms. The van der Waals surface area contributed by atoms with Gasteiger partial charge in [0.25, 0.3) is 0 Å². The van der Waals surface area contributed by atoms with E-state index in [0.29, 0.717) is 0 Å². The maximum absolute atomic E-state index is 12.9. The fraction of sp³-hybridized carbons (Fsp3) is 0.333. The van der Waals surface area contributed by atoms with Gasteiger partial charge in [-0.25, -0.2) is 8.42 Å². The minimum atomic E-state index is -3.58. The maximum atomic E-state index is 12.9. The minimum Gasteiger partial charge on any atom is -0.394 e. The topological polar surface area (TPSA) is 80.4 Å². The highest BCUT2D eigenvalue weighted by Crippen LogP contribution is 2.55. The van der Waals surface area contributed by atoms with E-state index < -0.39 is 20.6 Å². The van der Waals surface area contributed by atoms with Crippen molar-refractivity contribution in [1.29, 1.82) is 0 Å². The van der Waals surface area contributed by atoms with Gasteiger partial charge in [-0.05, 0) is 29.7 Å². The lowest BCUT2D eigenvalue weighted by Gasteiger charge is -2.08. The third-order valence-corrected chi connectivity index (χ3v) is 7.04. The van der Waals surface area contributed by atoms with Crippen molar-refractivity contribution in [3.05, 3.63) is 65.7 Å². The van der Waals surface area contributed by atoms with Crippen LogP contribution in [0, 0.1) is 0 Å². The molecule has 4 nitrogen and oxygen atoms in total. The Morgan fingerprint density at radius 1 is 1.09 bits per heavy atom. The summed E-state index contributed by atoms with van der Waals surface area (Å²) in [6.07, 6.45) is 0.921. The Labute approximate surface area is 136 Å². The number of hydrogen-bond donors (Lipinski definition) is 2. The largest absolute Gasteiger partial charge is 0.394 e. The van der Waals surface area contributed by atoms with Gasteiger partial charge in [-0.3, -0.25) is 0 Å². The first-order chi connectivity index (χ1) is 10.9. The summed E-state index contributed by atoms with van der Waals surface area (Å²) in [5, 5.41) is 8.89. The van der Waals surface area contributed by atoms with Gasteiger partial charge < -0.3 is 10.8 Å². The second-order valence-corrected chi connectivity index (χ2v) is 8.19. The van der Waals surface area contributed by atoms with E-state index in [0.717, 1.165) is 12.0 Å². The van der Waals surface area contributed by atoms with E-state index in [1.807, 2.05) is 24.3 Å². The lowest BCUT2D eigenvalue weighted by molar-refractivity contribution is 0.253. The second-order valence-electron chi connectivity index (χ2n) is 6.12. The first-order valence-corrected chi connectivity index (χ1v) is 9.27. The summed E-state index contributed by atoms with van der Waals surface area (Å²) in [6.45, 7) is 1.71. The molecule has 0 aliphatic heterocycles. The molecule has 0 unspecified atom stereocenters. The third kappa shape index (κ3) is 2.59. The fourth-order valence-corrected chi connectivity index (χ4v) is 5.60. The molecular weight excluding hydrogens is 310 g/mol. The number of rotatable bonds is 5. The van der Waals surface area contributed by atoms with Gasteiger partial charge in [0.2, 0.25) is 0 Å². The molecule has 1 aliphatic carbocycles. The van der Waals surface area contributed by atoms with Gasteiger partial charge in [0, 0.05) is 5.92 Å². The summed E-state index contributed by atoms with van der Waals surface area (Å²) in [4.78, 5) is 0.251. The van der Waals surface area contributed by atoms with Crippen molar-refractivity contribution in [3.63, 3.8) is 0 Å². The van der Waals surface area contributed by atoms with Crippen molar-refractivity contribution in [2.24, 2.45) is 5.73 Å². The van der Waals surface area contributed by atoms with Gasteiger partial charge in [0.05, 0.1) is 22.3 Å². The molecule has 2 aromatic carbocycles. The van der Waals surface area contributed by atoms with E-state index in [2.05, 4.69) is 6.92 Å². The van der Waals surface area contributed by atoms with Crippen LogP contribution in [-0.2, 0) is 16.3 Å². The number of hydrogen-bond acceptors (Lipinski definition) is 4. The first kappa shape index (κ1) is 16.2. The molecule has 122 valence electrons. The van der Waals surface area contributed by atoms with Crippen LogP contribution in [0.5, 0.6) is 0 Å². The van der Waals surface area contributed by atoms with Crippen molar-refractivity contribution in [2.45, 2.75) is 34.9 Å². The molecule has 1 saturated carbocycles. The highest BCUT2D eigenvalue weighted by atomic mass is 32.2. The first-order valence-electron chi connectivity index (χ1n) is 7.72. The lowest BCUT2D eigenvalue weighted by atomic mass is 10.0. The van der Waals surface area contributed by atoms with Crippen LogP contribution in [0.15, 0.2) is 59.5 Å². The van der Waals surface area contributed by atoms with Crippen LogP contribution < -0.4 is 5.73 Å². The summed E-state index contributed by atoms with van der Waals surface area (Å²) in [6, 6.07) is 16.1. The van der Waals surface area contributed by atoms with Crippen molar-refractivity contribution in [3.8, 4) is 0 Å². The van der Waals surface area contributed by atoms with Crippen molar-refractivity contribution in [2.75, 3.05) is 6.61 Å². The Balaban J connectivity index is 1.98. The standard InChI is InChI=1S/C18H21NO3S/c1-2-13-8-10-14(11-9-13)16-17(18(16,19)12-20)23(21,22)15-6-4-3-5-7-15/h3-11,16-17,20H,2,12,19H2,1H3/t16-,17+,18-/m1/s1. The number of aliphatic hydroxyl groups excluding tert-OH is 1. The summed E-state index contributed by atoms with van der Waals surface area (Å²) in [5.41, 5.74) is 7.16. The summed E-state index contributed by atoms with van der Waals surface area (Å²) in [5.74, 6) is -0.386. The molecule has 23 heavy (non-hydrogen) atoms. The number of aliphatic hydroxyl groups is 1. The number of benzene rings is 2. The van der Waals surface area contributed by atoms with Crippen LogP contribution >= 0.6 is 0 Å². The minimum absolute atomic E-state index is 0.251. The third-order valence-electron chi connectivity index (χ3n) is 4.73. The molecule has 0 amide bonds. The van der Waals surface area contributed by atoms with E-state index in [-0.39, 0.29) is 17.4 Å². The molecule has 3 atom stereocenters. The molecule has 3 N–H and O–H groups in total. The molecule has 0 saturated heterocycles. The Morgan fingerprint density at radius 3 is 2.22 bits per heavy atom. The number of nitrogens with two attached hydrogens (primary N) is 1. The predicted molar refractivity (Wildman–Crippen MR) is 90.0 cm³/mol. The molecule has 1 fully saturated rings. The quantitative estimate of drug-likeness (QED) is 0.876. The molecule has 0 aromatic heterocycles. The zero-order chi connectivity index (χ0) is 16.7. The van der Waals surface area contributed by atoms with Crippen LogP contribution in [-0.4, -0.2) is 30.9 Å². The average Bonchev–Trinajstić information content (AvgIpc) is 3.23. The second kappa shape index (κ2) is 5.74.